The first-order valence-corrected chi connectivity index (χ1v) is 6.56. The van der Waals surface area contributed by atoms with Gasteiger partial charge in [0, 0.05) is 12.1 Å². The Morgan fingerprint density at radius 2 is 1.73 bits per heavy atom. The largest absolute Gasteiger partial charge is 0.392 e. The molecule has 2 nitrogen and oxygen atoms in total. The molecule has 0 aliphatic heterocycles. The van der Waals surface area contributed by atoms with Crippen LogP contribution in [0.15, 0.2) is 0 Å². The van der Waals surface area contributed by atoms with Crippen molar-refractivity contribution in [2.45, 2.75) is 77.0 Å². The van der Waals surface area contributed by atoms with E-state index in [0.717, 1.165) is 6.42 Å². The fourth-order valence-corrected chi connectivity index (χ4v) is 2.61. The molecule has 0 heterocycles. The third-order valence-electron chi connectivity index (χ3n) is 4.02. The van der Waals surface area contributed by atoms with E-state index in [1.54, 1.807) is 0 Å². The Balaban J connectivity index is 2.45. The minimum atomic E-state index is -0.168. The van der Waals surface area contributed by atoms with E-state index in [4.69, 9.17) is 0 Å². The Hall–Kier alpha value is -0.0800. The molecule has 1 N–H and O–H groups in total. The molecule has 0 spiro atoms. The highest BCUT2D eigenvalue weighted by Gasteiger charge is 2.24. The summed E-state index contributed by atoms with van der Waals surface area (Å²) in [6.45, 7) is 4.21. The predicted molar refractivity (Wildman–Crippen MR) is 65.0 cm³/mol. The molecule has 1 saturated carbocycles. The van der Waals surface area contributed by atoms with Gasteiger partial charge in [-0.05, 0) is 33.2 Å². The van der Waals surface area contributed by atoms with E-state index < -0.39 is 0 Å². The average molecular weight is 213 g/mol. The summed E-state index contributed by atoms with van der Waals surface area (Å²) in [6, 6.07) is 1.00. The van der Waals surface area contributed by atoms with Gasteiger partial charge in [-0.3, -0.25) is 4.90 Å². The van der Waals surface area contributed by atoms with Crippen molar-refractivity contribution >= 4 is 0 Å². The molecule has 0 aromatic carbocycles. The zero-order valence-corrected chi connectivity index (χ0v) is 10.6. The smallest absolute Gasteiger partial charge is 0.0690 e. The second-order valence-electron chi connectivity index (χ2n) is 5.03. The predicted octanol–water partition coefficient (Wildman–Crippen LogP) is 2.80. The van der Waals surface area contributed by atoms with Crippen LogP contribution in [0, 0.1) is 0 Å². The van der Waals surface area contributed by atoms with Crippen LogP contribution >= 0.6 is 0 Å². The van der Waals surface area contributed by atoms with Crippen LogP contribution < -0.4 is 0 Å². The van der Waals surface area contributed by atoms with Crippen molar-refractivity contribution in [3.63, 3.8) is 0 Å². The number of nitrogens with zero attached hydrogens (tertiary/aromatic N) is 1. The van der Waals surface area contributed by atoms with Gasteiger partial charge in [0.2, 0.25) is 0 Å². The average Bonchev–Trinajstić information content (AvgIpc) is 2.54. The van der Waals surface area contributed by atoms with Gasteiger partial charge in [0.1, 0.15) is 0 Å². The first-order chi connectivity index (χ1) is 7.16. The molecular weight excluding hydrogens is 186 g/mol. The highest BCUT2D eigenvalue weighted by Crippen LogP contribution is 2.23. The van der Waals surface area contributed by atoms with Crippen molar-refractivity contribution in [1.29, 1.82) is 0 Å². The van der Waals surface area contributed by atoms with Crippen molar-refractivity contribution in [3.05, 3.63) is 0 Å². The van der Waals surface area contributed by atoms with Gasteiger partial charge in [0.15, 0.2) is 0 Å². The molecule has 0 aromatic rings. The van der Waals surface area contributed by atoms with Crippen molar-refractivity contribution in [3.8, 4) is 0 Å². The van der Waals surface area contributed by atoms with Crippen molar-refractivity contribution in [2.75, 3.05) is 7.05 Å². The summed E-state index contributed by atoms with van der Waals surface area (Å²) in [4.78, 5) is 2.40. The monoisotopic (exact) mass is 213 g/mol. The second-order valence-corrected chi connectivity index (χ2v) is 5.03. The normalized spacial score (nSPS) is 23.8. The third kappa shape index (κ3) is 3.76. The van der Waals surface area contributed by atoms with E-state index in [9.17, 15) is 5.11 Å². The number of aliphatic hydroxyl groups is 1. The summed E-state index contributed by atoms with van der Waals surface area (Å²) in [5.41, 5.74) is 0. The summed E-state index contributed by atoms with van der Waals surface area (Å²) in [7, 11) is 2.18. The van der Waals surface area contributed by atoms with E-state index in [0.29, 0.717) is 12.1 Å². The van der Waals surface area contributed by atoms with Gasteiger partial charge < -0.3 is 5.11 Å². The Labute approximate surface area is 94.7 Å². The van der Waals surface area contributed by atoms with Gasteiger partial charge in [-0.15, -0.1) is 0 Å². The van der Waals surface area contributed by atoms with Gasteiger partial charge in [-0.2, -0.15) is 0 Å². The van der Waals surface area contributed by atoms with Gasteiger partial charge >= 0.3 is 0 Å². The Kier molecular flexibility index (Phi) is 5.62. The quantitative estimate of drug-likeness (QED) is 0.726. The van der Waals surface area contributed by atoms with Crippen molar-refractivity contribution in [2.24, 2.45) is 0 Å². The molecule has 15 heavy (non-hydrogen) atoms. The maximum atomic E-state index is 9.86. The number of rotatable bonds is 4. The van der Waals surface area contributed by atoms with E-state index in [-0.39, 0.29) is 6.10 Å². The summed E-state index contributed by atoms with van der Waals surface area (Å²) < 4.78 is 0. The van der Waals surface area contributed by atoms with Gasteiger partial charge in [0.05, 0.1) is 6.10 Å². The summed E-state index contributed by atoms with van der Waals surface area (Å²) in [5.74, 6) is 0. The summed E-state index contributed by atoms with van der Waals surface area (Å²) in [5, 5.41) is 9.86. The van der Waals surface area contributed by atoms with Crippen LogP contribution in [-0.4, -0.2) is 35.2 Å². The molecule has 0 saturated heterocycles. The van der Waals surface area contributed by atoms with Crippen LogP contribution in [-0.2, 0) is 0 Å². The molecule has 0 aromatic heterocycles. The summed E-state index contributed by atoms with van der Waals surface area (Å²) in [6.07, 6.45) is 8.85. The maximum absolute atomic E-state index is 9.86. The molecule has 1 aliphatic rings. The molecule has 2 atom stereocenters. The maximum Gasteiger partial charge on any atom is 0.0690 e. The van der Waals surface area contributed by atoms with Gasteiger partial charge in [-0.25, -0.2) is 0 Å². The Bertz CT molecular complexity index is 164. The number of likely N-dealkylation sites (N-methyl/N-ethyl adjacent to an activating group) is 1. The van der Waals surface area contributed by atoms with Crippen LogP contribution in [0.3, 0.4) is 0 Å². The molecule has 1 rings (SSSR count). The van der Waals surface area contributed by atoms with Gasteiger partial charge in [-0.1, -0.05) is 32.6 Å². The van der Waals surface area contributed by atoms with E-state index in [2.05, 4.69) is 25.8 Å². The first-order valence-electron chi connectivity index (χ1n) is 6.56. The molecule has 0 amide bonds. The van der Waals surface area contributed by atoms with Crippen LogP contribution in [0.1, 0.15) is 58.8 Å². The topological polar surface area (TPSA) is 23.5 Å². The summed E-state index contributed by atoms with van der Waals surface area (Å²) >= 11 is 0. The lowest BCUT2D eigenvalue weighted by atomic mass is 10.0. The highest BCUT2D eigenvalue weighted by molar-refractivity contribution is 4.79. The second kappa shape index (κ2) is 6.49. The van der Waals surface area contributed by atoms with E-state index in [1.165, 1.54) is 38.5 Å². The standard InChI is InChI=1S/C13H27NO/c1-4-13(15)11(2)14(3)12-9-7-5-6-8-10-12/h11-13,15H,4-10H2,1-3H3. The highest BCUT2D eigenvalue weighted by atomic mass is 16.3. The first kappa shape index (κ1) is 13.0. The van der Waals surface area contributed by atoms with E-state index >= 15 is 0 Å². The Morgan fingerprint density at radius 3 is 2.20 bits per heavy atom. The van der Waals surface area contributed by atoms with Crippen LogP contribution in [0.4, 0.5) is 0 Å². The molecule has 1 aliphatic carbocycles. The lowest BCUT2D eigenvalue weighted by molar-refractivity contribution is 0.0435. The Morgan fingerprint density at radius 1 is 1.20 bits per heavy atom. The molecule has 2 heteroatoms. The molecule has 0 radical (unpaired) electrons. The zero-order chi connectivity index (χ0) is 11.3. The van der Waals surface area contributed by atoms with Crippen LogP contribution in [0.25, 0.3) is 0 Å². The molecule has 2 unspecified atom stereocenters. The lowest BCUT2D eigenvalue weighted by Gasteiger charge is -2.35. The number of hydrogen-bond donors (Lipinski definition) is 1. The van der Waals surface area contributed by atoms with Crippen LogP contribution in [0.2, 0.25) is 0 Å². The minimum absolute atomic E-state index is 0.168. The fourth-order valence-electron chi connectivity index (χ4n) is 2.61. The SMILES string of the molecule is CCC(O)C(C)N(C)C1CCCCCC1. The molecule has 1 fully saturated rings. The number of aliphatic hydroxyl groups excluding tert-OH is 1. The van der Waals surface area contributed by atoms with E-state index in [1.807, 2.05) is 0 Å². The van der Waals surface area contributed by atoms with Gasteiger partial charge in [0.25, 0.3) is 0 Å². The fraction of sp³-hybridized carbons (Fsp3) is 1.00. The van der Waals surface area contributed by atoms with Crippen LogP contribution in [0.5, 0.6) is 0 Å². The molecule has 90 valence electrons. The third-order valence-corrected chi connectivity index (χ3v) is 4.02. The lowest BCUT2D eigenvalue weighted by Crippen LogP contribution is -2.44. The minimum Gasteiger partial charge on any atom is -0.392 e. The molecular formula is C13H27NO. The molecule has 0 bridgehead atoms. The van der Waals surface area contributed by atoms with Crippen molar-refractivity contribution < 1.29 is 5.11 Å². The van der Waals surface area contributed by atoms with Crippen molar-refractivity contribution in [1.82, 2.24) is 4.90 Å². The number of hydrogen-bond acceptors (Lipinski definition) is 2. The zero-order valence-electron chi connectivity index (χ0n) is 10.6.